The van der Waals surface area contributed by atoms with Crippen molar-refractivity contribution in [2.24, 2.45) is 11.8 Å². The summed E-state index contributed by atoms with van der Waals surface area (Å²) >= 11 is 0. The summed E-state index contributed by atoms with van der Waals surface area (Å²) in [6.45, 7) is 10.1. The maximum atomic E-state index is 12.7. The van der Waals surface area contributed by atoms with Crippen LogP contribution in [0.2, 0.25) is 0 Å². The standard InChI is InChI=1S/C18H29N3O2/c1-12(2)7-8-19-17(22)15-6-5-9-21(11-15)18(23)16-13(3)10-14(4)20-16/h10,12,15,20H,5-9,11H2,1-4H3,(H,19,22)/t15-/m0/s1. The second-order valence-corrected chi connectivity index (χ2v) is 7.07. The summed E-state index contributed by atoms with van der Waals surface area (Å²) < 4.78 is 0. The number of aromatic amines is 1. The van der Waals surface area contributed by atoms with E-state index in [-0.39, 0.29) is 17.7 Å². The number of hydrogen-bond donors (Lipinski definition) is 2. The molecule has 2 rings (SSSR count). The van der Waals surface area contributed by atoms with Gasteiger partial charge >= 0.3 is 0 Å². The van der Waals surface area contributed by atoms with E-state index in [1.54, 1.807) is 0 Å². The fourth-order valence-corrected chi connectivity index (χ4v) is 3.11. The molecule has 0 radical (unpaired) electrons. The number of carbonyl (C=O) groups excluding carboxylic acids is 2. The van der Waals surface area contributed by atoms with Gasteiger partial charge in [-0.05, 0) is 50.7 Å². The lowest BCUT2D eigenvalue weighted by Crippen LogP contribution is -2.45. The summed E-state index contributed by atoms with van der Waals surface area (Å²) in [5.41, 5.74) is 2.62. The van der Waals surface area contributed by atoms with Crippen LogP contribution in [0.15, 0.2) is 6.07 Å². The third kappa shape index (κ3) is 4.60. The number of nitrogens with one attached hydrogen (secondary N) is 2. The molecule has 0 aromatic carbocycles. The Hall–Kier alpha value is -1.78. The van der Waals surface area contributed by atoms with Gasteiger partial charge in [-0.1, -0.05) is 13.8 Å². The predicted molar refractivity (Wildman–Crippen MR) is 91.4 cm³/mol. The number of hydrogen-bond acceptors (Lipinski definition) is 2. The van der Waals surface area contributed by atoms with Gasteiger partial charge in [0.25, 0.3) is 5.91 Å². The van der Waals surface area contributed by atoms with Crippen molar-refractivity contribution in [3.05, 3.63) is 23.0 Å². The van der Waals surface area contributed by atoms with Crippen molar-refractivity contribution < 1.29 is 9.59 Å². The van der Waals surface area contributed by atoms with Crippen LogP contribution in [-0.4, -0.2) is 41.3 Å². The summed E-state index contributed by atoms with van der Waals surface area (Å²) in [5, 5.41) is 3.01. The van der Waals surface area contributed by atoms with Crippen LogP contribution in [-0.2, 0) is 4.79 Å². The van der Waals surface area contributed by atoms with Crippen molar-refractivity contribution in [3.63, 3.8) is 0 Å². The summed E-state index contributed by atoms with van der Waals surface area (Å²) in [7, 11) is 0. The van der Waals surface area contributed by atoms with Crippen LogP contribution in [0.25, 0.3) is 0 Å². The van der Waals surface area contributed by atoms with E-state index in [4.69, 9.17) is 0 Å². The van der Waals surface area contributed by atoms with E-state index in [1.165, 1.54) is 0 Å². The van der Waals surface area contributed by atoms with Gasteiger partial charge in [0.1, 0.15) is 5.69 Å². The Balaban J connectivity index is 1.93. The number of carbonyl (C=O) groups is 2. The van der Waals surface area contributed by atoms with Gasteiger partial charge in [0.15, 0.2) is 0 Å². The average molecular weight is 319 g/mol. The van der Waals surface area contributed by atoms with E-state index in [0.717, 1.165) is 43.6 Å². The van der Waals surface area contributed by atoms with Gasteiger partial charge in [0.2, 0.25) is 5.91 Å². The number of rotatable bonds is 5. The molecule has 0 saturated carbocycles. The van der Waals surface area contributed by atoms with Crippen LogP contribution in [0, 0.1) is 25.7 Å². The third-order valence-electron chi connectivity index (χ3n) is 4.46. The van der Waals surface area contributed by atoms with E-state index < -0.39 is 0 Å². The number of likely N-dealkylation sites (tertiary alicyclic amines) is 1. The average Bonchev–Trinajstić information content (AvgIpc) is 2.84. The lowest BCUT2D eigenvalue weighted by atomic mass is 9.96. The molecule has 2 heterocycles. The molecule has 5 nitrogen and oxygen atoms in total. The summed E-state index contributed by atoms with van der Waals surface area (Å²) in [6, 6.07) is 1.98. The van der Waals surface area contributed by atoms with Crippen LogP contribution in [0.1, 0.15) is 54.9 Å². The predicted octanol–water partition coefficient (Wildman–Crippen LogP) is 2.65. The highest BCUT2D eigenvalue weighted by Crippen LogP contribution is 2.20. The van der Waals surface area contributed by atoms with Gasteiger partial charge in [-0.2, -0.15) is 0 Å². The van der Waals surface area contributed by atoms with Crippen molar-refractivity contribution >= 4 is 11.8 Å². The normalized spacial score (nSPS) is 18.3. The smallest absolute Gasteiger partial charge is 0.270 e. The highest BCUT2D eigenvalue weighted by atomic mass is 16.2. The Morgan fingerprint density at radius 1 is 1.39 bits per heavy atom. The van der Waals surface area contributed by atoms with Gasteiger partial charge in [0.05, 0.1) is 5.92 Å². The molecule has 1 fully saturated rings. The van der Waals surface area contributed by atoms with Gasteiger partial charge < -0.3 is 15.2 Å². The van der Waals surface area contributed by atoms with Crippen LogP contribution in [0.4, 0.5) is 0 Å². The first-order valence-corrected chi connectivity index (χ1v) is 8.61. The zero-order valence-electron chi connectivity index (χ0n) is 14.7. The first-order valence-electron chi connectivity index (χ1n) is 8.61. The molecule has 0 spiro atoms. The fourth-order valence-electron chi connectivity index (χ4n) is 3.11. The quantitative estimate of drug-likeness (QED) is 0.876. The van der Waals surface area contributed by atoms with Crippen molar-refractivity contribution in [2.45, 2.75) is 47.0 Å². The third-order valence-corrected chi connectivity index (χ3v) is 4.46. The topological polar surface area (TPSA) is 65.2 Å². The maximum Gasteiger partial charge on any atom is 0.270 e. The molecule has 1 saturated heterocycles. The molecule has 1 aromatic rings. The van der Waals surface area contributed by atoms with E-state index in [0.29, 0.717) is 18.2 Å². The molecule has 5 heteroatoms. The molecule has 0 bridgehead atoms. The molecular formula is C18H29N3O2. The SMILES string of the molecule is Cc1cc(C)c(C(=O)N2CCC[C@H](C(=O)NCCC(C)C)C2)[nH]1. The molecular weight excluding hydrogens is 290 g/mol. The molecule has 0 unspecified atom stereocenters. The number of H-pyrrole nitrogens is 1. The van der Waals surface area contributed by atoms with Crippen molar-refractivity contribution in [1.82, 2.24) is 15.2 Å². The Labute approximate surface area is 138 Å². The zero-order valence-corrected chi connectivity index (χ0v) is 14.7. The Kier molecular flexibility index (Phi) is 5.85. The largest absolute Gasteiger partial charge is 0.356 e. The Morgan fingerprint density at radius 2 is 2.13 bits per heavy atom. The van der Waals surface area contributed by atoms with Gasteiger partial charge in [-0.25, -0.2) is 0 Å². The van der Waals surface area contributed by atoms with Crippen molar-refractivity contribution in [1.29, 1.82) is 0 Å². The van der Waals surface area contributed by atoms with E-state index in [1.807, 2.05) is 24.8 Å². The van der Waals surface area contributed by atoms with Gasteiger partial charge in [0, 0.05) is 25.3 Å². The van der Waals surface area contributed by atoms with Crippen LogP contribution < -0.4 is 5.32 Å². The number of aromatic nitrogens is 1. The van der Waals surface area contributed by atoms with Gasteiger partial charge in [-0.15, -0.1) is 0 Å². The minimum Gasteiger partial charge on any atom is -0.356 e. The second kappa shape index (κ2) is 7.66. The minimum atomic E-state index is -0.0868. The highest BCUT2D eigenvalue weighted by molar-refractivity contribution is 5.94. The molecule has 1 aliphatic heterocycles. The highest BCUT2D eigenvalue weighted by Gasteiger charge is 2.29. The lowest BCUT2D eigenvalue weighted by molar-refractivity contribution is -0.126. The molecule has 1 atom stereocenters. The van der Waals surface area contributed by atoms with Gasteiger partial charge in [-0.3, -0.25) is 9.59 Å². The van der Waals surface area contributed by atoms with E-state index in [2.05, 4.69) is 24.1 Å². The first-order chi connectivity index (χ1) is 10.9. The summed E-state index contributed by atoms with van der Waals surface area (Å²) in [5.74, 6) is 0.591. The number of piperidine rings is 1. The summed E-state index contributed by atoms with van der Waals surface area (Å²) in [4.78, 5) is 29.9. The molecule has 23 heavy (non-hydrogen) atoms. The first kappa shape index (κ1) is 17.6. The summed E-state index contributed by atoms with van der Waals surface area (Å²) in [6.07, 6.45) is 2.73. The number of aryl methyl sites for hydroxylation is 2. The molecule has 1 aliphatic rings. The second-order valence-electron chi connectivity index (χ2n) is 7.07. The Bertz CT molecular complexity index is 563. The Morgan fingerprint density at radius 3 is 2.74 bits per heavy atom. The molecule has 2 amide bonds. The van der Waals surface area contributed by atoms with Crippen LogP contribution in [0.3, 0.4) is 0 Å². The van der Waals surface area contributed by atoms with E-state index in [9.17, 15) is 9.59 Å². The van der Waals surface area contributed by atoms with Crippen molar-refractivity contribution in [3.8, 4) is 0 Å². The molecule has 2 N–H and O–H groups in total. The lowest BCUT2D eigenvalue weighted by Gasteiger charge is -2.32. The molecule has 128 valence electrons. The molecule has 0 aliphatic carbocycles. The number of amides is 2. The zero-order chi connectivity index (χ0) is 17.0. The van der Waals surface area contributed by atoms with E-state index >= 15 is 0 Å². The minimum absolute atomic E-state index is 0.00952. The number of nitrogens with zero attached hydrogens (tertiary/aromatic N) is 1. The molecule has 1 aromatic heterocycles. The van der Waals surface area contributed by atoms with Crippen LogP contribution >= 0.6 is 0 Å². The maximum absolute atomic E-state index is 12.7. The monoisotopic (exact) mass is 319 g/mol. The fraction of sp³-hybridized carbons (Fsp3) is 0.667. The van der Waals surface area contributed by atoms with Crippen LogP contribution in [0.5, 0.6) is 0 Å². The van der Waals surface area contributed by atoms with Crippen molar-refractivity contribution in [2.75, 3.05) is 19.6 Å².